The van der Waals surface area contributed by atoms with Crippen LogP contribution in [0.4, 0.5) is 11.4 Å². The summed E-state index contributed by atoms with van der Waals surface area (Å²) in [4.78, 5) is 35.6. The van der Waals surface area contributed by atoms with Gasteiger partial charge < -0.3 is 34.1 Å². The number of phosphoric acid groups is 2. The van der Waals surface area contributed by atoms with Crippen LogP contribution in [0.25, 0.3) is 0 Å². The molecule has 142 valence electrons. The zero-order valence-electron chi connectivity index (χ0n) is 12.2. The van der Waals surface area contributed by atoms with Gasteiger partial charge in [0.05, 0.1) is 11.5 Å². The fraction of sp³-hybridized carbons (Fsp3) is 0.250. The Balaban J connectivity index is -0.000000551. The Labute approximate surface area is 142 Å². The van der Waals surface area contributed by atoms with Crippen molar-refractivity contribution < 1.29 is 51.7 Å². The molecule has 0 amide bonds. The minimum absolute atomic E-state index is 0. The van der Waals surface area contributed by atoms with Crippen molar-refractivity contribution in [2.24, 2.45) is 0 Å². The number of hydrogen-bond donors (Lipinski definition) is 4. The summed E-state index contributed by atoms with van der Waals surface area (Å²) in [6.07, 6.45) is 0. The maximum absolute atomic E-state index is 11.1. The van der Waals surface area contributed by atoms with E-state index < -0.39 is 20.6 Å². The van der Waals surface area contributed by atoms with E-state index in [1.807, 2.05) is 0 Å². The molecule has 1 aromatic rings. The Morgan fingerprint density at radius 2 is 1.56 bits per heavy atom. The molecule has 25 heavy (non-hydrogen) atoms. The van der Waals surface area contributed by atoms with Crippen LogP contribution in [0.2, 0.25) is 0 Å². The number of non-ortho nitro benzene ring substituents is 1. The number of nitro benzene ring substituents is 1. The van der Waals surface area contributed by atoms with Crippen molar-refractivity contribution in [1.82, 2.24) is 0 Å². The van der Waals surface area contributed by atoms with Gasteiger partial charge in [-0.25, -0.2) is 9.13 Å². The van der Waals surface area contributed by atoms with Gasteiger partial charge >= 0.3 is 25.8 Å². The van der Waals surface area contributed by atoms with Gasteiger partial charge in [-0.15, -0.1) is 0 Å². The molecular weight excluding hydrogens is 396 g/mol. The van der Waals surface area contributed by atoms with Crippen LogP contribution in [-0.2, 0) is 18.0 Å². The molecule has 11 nitrogen and oxygen atoms in total. The fourth-order valence-corrected chi connectivity index (χ4v) is 2.80. The van der Waals surface area contributed by atoms with Crippen molar-refractivity contribution in [1.29, 1.82) is 0 Å². The number of nitrogens with zero attached hydrogens (tertiary/aromatic N) is 1. The summed E-state index contributed by atoms with van der Waals surface area (Å²) >= 11 is 0. The van der Waals surface area contributed by atoms with Crippen molar-refractivity contribution in [3.05, 3.63) is 34.4 Å². The summed E-state index contributed by atoms with van der Waals surface area (Å²) in [5, 5.41) is 13.1. The Bertz CT molecular complexity index is 603. The Hall–Kier alpha value is -1.36. The van der Waals surface area contributed by atoms with Gasteiger partial charge in [0.25, 0.3) is 5.69 Å². The third kappa shape index (κ3) is 13.6. The summed E-state index contributed by atoms with van der Waals surface area (Å²) < 4.78 is 29.3. The molecule has 0 saturated carbocycles. The summed E-state index contributed by atoms with van der Waals surface area (Å²) in [6, 6.07) is 5.36. The fourth-order valence-electron chi connectivity index (χ4n) is 1.22. The molecule has 0 spiro atoms. The molecule has 1 atom stereocenters. The minimum atomic E-state index is -5.13. The van der Waals surface area contributed by atoms with Crippen LogP contribution in [0, 0.1) is 10.1 Å². The number of nitro groups is 1. The maximum atomic E-state index is 11.1. The van der Waals surface area contributed by atoms with E-state index in [2.05, 4.69) is 14.2 Å². The quantitative estimate of drug-likeness (QED) is 0.107. The van der Waals surface area contributed by atoms with Crippen LogP contribution in [0.5, 0.6) is 0 Å². The van der Waals surface area contributed by atoms with E-state index in [1.165, 1.54) is 24.3 Å². The predicted molar refractivity (Wildman–Crippen MR) is 76.2 cm³/mol. The van der Waals surface area contributed by atoms with Crippen molar-refractivity contribution >= 4 is 37.1 Å². The number of nitrogens with one attached hydrogen (secondary N) is 1. The Morgan fingerprint density at radius 3 is 1.96 bits per heavy atom. The zero-order chi connectivity index (χ0) is 16.1. The molecule has 0 aliphatic carbocycles. The van der Waals surface area contributed by atoms with Crippen molar-refractivity contribution in [3.8, 4) is 0 Å². The molecule has 0 aromatic heterocycles. The van der Waals surface area contributed by atoms with E-state index in [1.54, 1.807) is 0 Å². The van der Waals surface area contributed by atoms with Gasteiger partial charge in [-0.1, -0.05) is 0 Å². The number of hydrogen-bond acceptors (Lipinski definition) is 7. The number of benzene rings is 1. The first-order chi connectivity index (χ1) is 9.59. The maximum Gasteiger partial charge on any atom is 2.00 e. The Kier molecular flexibility index (Phi) is 16.2. The number of anilines is 1. The normalized spacial score (nSPS) is 12.1. The average molecular weight is 408 g/mol. The van der Waals surface area contributed by atoms with Gasteiger partial charge in [-0.2, -0.15) is 4.31 Å². The van der Waals surface area contributed by atoms with Crippen LogP contribution < -0.4 is 19.4 Å². The molecule has 0 fully saturated rings. The van der Waals surface area contributed by atoms with Crippen LogP contribution in [0.15, 0.2) is 24.3 Å². The number of phosphoric ester groups is 1. The van der Waals surface area contributed by atoms with E-state index in [0.717, 1.165) is 0 Å². The molecule has 0 saturated heterocycles. The monoisotopic (exact) mass is 408 g/mol. The molecule has 17 heteroatoms. The van der Waals surface area contributed by atoms with Gasteiger partial charge in [0, 0.05) is 24.4 Å². The van der Waals surface area contributed by atoms with Gasteiger partial charge in [0.15, 0.2) is 0 Å². The van der Waals surface area contributed by atoms with Crippen LogP contribution in [0.3, 0.4) is 0 Å². The molecule has 1 unspecified atom stereocenters. The summed E-state index contributed by atoms with van der Waals surface area (Å²) in [5.74, 6) is 0. The third-order valence-corrected chi connectivity index (χ3v) is 4.16. The average Bonchev–Trinajstić information content (AvgIpc) is 2.32. The third-order valence-electron chi connectivity index (χ3n) is 1.97. The zero-order valence-corrected chi connectivity index (χ0v) is 14.0. The van der Waals surface area contributed by atoms with E-state index in [-0.39, 0.29) is 43.1 Å². The predicted octanol–water partition coefficient (Wildman–Crippen LogP) is -8.14. The smallest absolute Gasteiger partial charge is 1.00 e. The largest absolute Gasteiger partial charge is 2.00 e. The first-order valence-corrected chi connectivity index (χ1v) is 8.34. The molecule has 0 heterocycles. The van der Waals surface area contributed by atoms with Gasteiger partial charge in [-0.05, 0) is 12.1 Å². The first-order valence-electron chi connectivity index (χ1n) is 5.32. The molecule has 0 aliphatic rings. The molecule has 0 radical (unpaired) electrons. The van der Waals surface area contributed by atoms with Crippen molar-refractivity contribution in [3.63, 3.8) is 0 Å². The molecule has 1 rings (SSSR count). The van der Waals surface area contributed by atoms with Crippen LogP contribution in [-0.4, -0.2) is 42.9 Å². The van der Waals surface area contributed by atoms with Gasteiger partial charge in [0.1, 0.15) is 0 Å². The second-order valence-electron chi connectivity index (χ2n) is 3.60. The number of rotatable bonds is 8. The van der Waals surface area contributed by atoms with E-state index >= 15 is 0 Å². The van der Waals surface area contributed by atoms with E-state index in [9.17, 15) is 19.2 Å². The van der Waals surface area contributed by atoms with Crippen molar-refractivity contribution in [2.45, 2.75) is 0 Å². The molecule has 1 aromatic carbocycles. The molecule has 0 aliphatic heterocycles. The summed E-state index contributed by atoms with van der Waals surface area (Å²) in [5.41, 5.74) is 0.402. The summed E-state index contributed by atoms with van der Waals surface area (Å²) in [6.45, 7) is -0.377. The first kappa shape index (κ1) is 31.4. The second kappa shape index (κ2) is 12.9. The van der Waals surface area contributed by atoms with E-state index in [4.69, 9.17) is 14.7 Å². The Morgan fingerprint density at radius 1 is 1.08 bits per heavy atom. The van der Waals surface area contributed by atoms with Crippen molar-refractivity contribution in [2.75, 3.05) is 18.5 Å². The van der Waals surface area contributed by atoms with Gasteiger partial charge in [0.2, 0.25) is 0 Å². The summed E-state index contributed by atoms with van der Waals surface area (Å²) in [7, 11) is -9.98. The minimum Gasteiger partial charge on any atom is -1.00 e. The molecule has 0 bridgehead atoms. The standard InChI is InChI=1S/C8H12N2O9P2.Be.3FH/c11-10(12)8-3-1-7(2-4-8)9-5-6-18-21(16,17)19-20(13,14)15;;;;/h1-4,9H,5-6H2,(H,16,17)(H2,13,14,15);;3*1H/q;+2;;;/p-3. The van der Waals surface area contributed by atoms with Gasteiger partial charge in [-0.3, -0.25) is 14.6 Å². The molecular formula is C8H12BeF3N2O9P2-. The second-order valence-corrected chi connectivity index (χ2v) is 6.43. The van der Waals surface area contributed by atoms with Crippen LogP contribution in [0.1, 0.15) is 0 Å². The topological polar surface area (TPSA) is 168 Å². The SMILES string of the molecule is O=[N+]([O-])c1ccc(NCCOP(=O)(O)OP(=O)(O)O)cc1.[Be+2].[F-].[F-].[F-]. The molecule has 4 N–H and O–H groups in total. The van der Waals surface area contributed by atoms with E-state index in [0.29, 0.717) is 5.69 Å². The number of halogens is 3. The van der Waals surface area contributed by atoms with Crippen LogP contribution >= 0.6 is 15.6 Å².